The summed E-state index contributed by atoms with van der Waals surface area (Å²) in [7, 11) is 0. The predicted octanol–water partition coefficient (Wildman–Crippen LogP) is 2.96. The highest BCUT2D eigenvalue weighted by Crippen LogP contribution is 2.37. The smallest absolute Gasteiger partial charge is 0.407 e. The van der Waals surface area contributed by atoms with Crippen molar-refractivity contribution in [2.75, 3.05) is 6.54 Å². The van der Waals surface area contributed by atoms with Crippen molar-refractivity contribution in [1.29, 1.82) is 0 Å². The highest BCUT2D eigenvalue weighted by atomic mass is 16.5. The summed E-state index contributed by atoms with van der Waals surface area (Å²) in [6.45, 7) is 0.915. The minimum Gasteiger partial charge on any atom is -0.445 e. The SMILES string of the molecule is C#CCC(CNC(=O)OCc1ccccc1)C1CC1. The first kappa shape index (κ1) is 13.5. The molecule has 0 aromatic heterocycles. The lowest BCUT2D eigenvalue weighted by Crippen LogP contribution is -2.30. The van der Waals surface area contributed by atoms with E-state index in [0.717, 1.165) is 12.0 Å². The van der Waals surface area contributed by atoms with Crippen LogP contribution in [-0.2, 0) is 11.3 Å². The lowest BCUT2D eigenvalue weighted by atomic mass is 10.0. The number of benzene rings is 1. The fourth-order valence-corrected chi connectivity index (χ4v) is 2.11. The van der Waals surface area contributed by atoms with Crippen LogP contribution >= 0.6 is 0 Å². The van der Waals surface area contributed by atoms with Gasteiger partial charge in [-0.2, -0.15) is 0 Å². The second-order valence-corrected chi connectivity index (χ2v) is 4.95. The minimum absolute atomic E-state index is 0.301. The third-order valence-corrected chi connectivity index (χ3v) is 3.39. The maximum Gasteiger partial charge on any atom is 0.407 e. The van der Waals surface area contributed by atoms with Crippen LogP contribution in [0.3, 0.4) is 0 Å². The molecular weight excluding hydrogens is 238 g/mol. The Hall–Kier alpha value is -1.95. The van der Waals surface area contributed by atoms with Gasteiger partial charge in [0.25, 0.3) is 0 Å². The molecule has 1 N–H and O–H groups in total. The molecule has 0 spiro atoms. The van der Waals surface area contributed by atoms with Gasteiger partial charge in [0.15, 0.2) is 0 Å². The molecule has 1 atom stereocenters. The zero-order valence-electron chi connectivity index (χ0n) is 11.0. The van der Waals surface area contributed by atoms with E-state index in [1.807, 2.05) is 30.3 Å². The topological polar surface area (TPSA) is 38.3 Å². The molecule has 1 saturated carbocycles. The number of hydrogen-bond donors (Lipinski definition) is 1. The van der Waals surface area contributed by atoms with Gasteiger partial charge in [-0.25, -0.2) is 4.79 Å². The van der Waals surface area contributed by atoms with Gasteiger partial charge in [-0.3, -0.25) is 0 Å². The van der Waals surface area contributed by atoms with E-state index < -0.39 is 0 Å². The Morgan fingerprint density at radius 1 is 1.42 bits per heavy atom. The molecule has 1 unspecified atom stereocenters. The molecular formula is C16H19NO2. The van der Waals surface area contributed by atoms with Crippen LogP contribution in [-0.4, -0.2) is 12.6 Å². The quantitative estimate of drug-likeness (QED) is 0.796. The summed E-state index contributed by atoms with van der Waals surface area (Å²) >= 11 is 0. The first-order valence-electron chi connectivity index (χ1n) is 6.67. The fourth-order valence-electron chi connectivity index (χ4n) is 2.11. The molecule has 0 heterocycles. The average molecular weight is 257 g/mol. The van der Waals surface area contributed by atoms with Gasteiger partial charge in [-0.1, -0.05) is 30.3 Å². The van der Waals surface area contributed by atoms with Crippen molar-refractivity contribution in [3.8, 4) is 12.3 Å². The Labute approximate surface area is 114 Å². The van der Waals surface area contributed by atoms with Crippen molar-refractivity contribution in [1.82, 2.24) is 5.32 Å². The van der Waals surface area contributed by atoms with Crippen molar-refractivity contribution < 1.29 is 9.53 Å². The summed E-state index contributed by atoms with van der Waals surface area (Å²) in [5.74, 6) is 3.76. The maximum atomic E-state index is 11.6. The largest absolute Gasteiger partial charge is 0.445 e. The van der Waals surface area contributed by atoms with Crippen LogP contribution in [0.2, 0.25) is 0 Å². The summed E-state index contributed by atoms with van der Waals surface area (Å²) in [5, 5.41) is 2.80. The molecule has 1 aliphatic carbocycles. The molecule has 19 heavy (non-hydrogen) atoms. The molecule has 1 aromatic carbocycles. The first-order chi connectivity index (χ1) is 9.29. The standard InChI is InChI=1S/C16H19NO2/c1-2-6-15(14-9-10-14)11-17-16(18)19-12-13-7-4-3-5-8-13/h1,3-5,7-8,14-15H,6,9-12H2,(H,17,18). The van der Waals surface area contributed by atoms with Crippen molar-refractivity contribution in [3.05, 3.63) is 35.9 Å². The minimum atomic E-state index is -0.369. The average Bonchev–Trinajstić information content (AvgIpc) is 3.27. The van der Waals surface area contributed by atoms with Gasteiger partial charge in [0, 0.05) is 13.0 Å². The number of nitrogens with one attached hydrogen (secondary N) is 1. The molecule has 2 rings (SSSR count). The van der Waals surface area contributed by atoms with E-state index in [2.05, 4.69) is 11.2 Å². The van der Waals surface area contributed by atoms with Gasteiger partial charge in [-0.05, 0) is 30.2 Å². The van der Waals surface area contributed by atoms with Crippen molar-refractivity contribution in [2.24, 2.45) is 11.8 Å². The Bertz CT molecular complexity index is 446. The van der Waals surface area contributed by atoms with E-state index in [4.69, 9.17) is 11.2 Å². The van der Waals surface area contributed by atoms with E-state index in [0.29, 0.717) is 25.0 Å². The summed E-state index contributed by atoms with van der Waals surface area (Å²) in [6, 6.07) is 9.64. The molecule has 3 nitrogen and oxygen atoms in total. The molecule has 100 valence electrons. The maximum absolute atomic E-state index is 11.6. The van der Waals surface area contributed by atoms with Crippen molar-refractivity contribution in [2.45, 2.75) is 25.9 Å². The monoisotopic (exact) mass is 257 g/mol. The summed E-state index contributed by atoms with van der Waals surface area (Å²) < 4.78 is 5.16. The van der Waals surface area contributed by atoms with E-state index >= 15 is 0 Å². The van der Waals surface area contributed by atoms with Crippen LogP contribution in [0, 0.1) is 24.2 Å². The molecule has 1 aliphatic rings. The van der Waals surface area contributed by atoms with Crippen LogP contribution in [0.1, 0.15) is 24.8 Å². The summed E-state index contributed by atoms with van der Waals surface area (Å²) in [6.07, 6.45) is 8.16. The molecule has 0 aliphatic heterocycles. The summed E-state index contributed by atoms with van der Waals surface area (Å²) in [5.41, 5.74) is 0.986. The van der Waals surface area contributed by atoms with Crippen molar-refractivity contribution in [3.63, 3.8) is 0 Å². The van der Waals surface area contributed by atoms with E-state index in [1.165, 1.54) is 12.8 Å². The first-order valence-corrected chi connectivity index (χ1v) is 6.67. The number of terminal acetylenes is 1. The number of alkyl carbamates (subject to hydrolysis) is 1. The lowest BCUT2D eigenvalue weighted by Gasteiger charge is -2.14. The number of hydrogen-bond acceptors (Lipinski definition) is 2. The number of carbonyl (C=O) groups excluding carboxylic acids is 1. The van der Waals surface area contributed by atoms with Crippen LogP contribution in [0.5, 0.6) is 0 Å². The number of amides is 1. The van der Waals surface area contributed by atoms with E-state index in [-0.39, 0.29) is 6.09 Å². The molecule has 1 aromatic rings. The third kappa shape index (κ3) is 4.67. The molecule has 0 saturated heterocycles. The molecule has 1 amide bonds. The van der Waals surface area contributed by atoms with Crippen LogP contribution < -0.4 is 5.32 Å². The fraction of sp³-hybridized carbons (Fsp3) is 0.438. The number of carbonyl (C=O) groups is 1. The Morgan fingerprint density at radius 2 is 2.16 bits per heavy atom. The van der Waals surface area contributed by atoms with Gasteiger partial charge in [0.2, 0.25) is 0 Å². The summed E-state index contributed by atoms with van der Waals surface area (Å²) in [4.78, 5) is 11.6. The van der Waals surface area contributed by atoms with Crippen LogP contribution in [0.15, 0.2) is 30.3 Å². The Balaban J connectivity index is 1.68. The molecule has 3 heteroatoms. The highest BCUT2D eigenvalue weighted by molar-refractivity contribution is 5.67. The van der Waals surface area contributed by atoms with Crippen molar-refractivity contribution >= 4 is 6.09 Å². The molecule has 0 radical (unpaired) electrons. The van der Waals surface area contributed by atoms with E-state index in [9.17, 15) is 4.79 Å². The normalized spacial score (nSPS) is 15.3. The Morgan fingerprint density at radius 3 is 2.79 bits per heavy atom. The zero-order valence-corrected chi connectivity index (χ0v) is 11.0. The number of ether oxygens (including phenoxy) is 1. The lowest BCUT2D eigenvalue weighted by molar-refractivity contribution is 0.137. The van der Waals surface area contributed by atoms with Crippen LogP contribution in [0.4, 0.5) is 4.79 Å². The zero-order chi connectivity index (χ0) is 13.5. The molecule has 1 fully saturated rings. The van der Waals surface area contributed by atoms with Crippen LogP contribution in [0.25, 0.3) is 0 Å². The number of rotatable bonds is 6. The van der Waals surface area contributed by atoms with Gasteiger partial charge in [0.1, 0.15) is 6.61 Å². The third-order valence-electron chi connectivity index (χ3n) is 3.39. The van der Waals surface area contributed by atoms with E-state index in [1.54, 1.807) is 0 Å². The van der Waals surface area contributed by atoms with Gasteiger partial charge < -0.3 is 10.1 Å². The van der Waals surface area contributed by atoms with Gasteiger partial charge in [0.05, 0.1) is 0 Å². The Kier molecular flexibility index (Phi) is 4.85. The predicted molar refractivity (Wildman–Crippen MR) is 74.3 cm³/mol. The molecule has 0 bridgehead atoms. The second kappa shape index (κ2) is 6.84. The second-order valence-electron chi connectivity index (χ2n) is 4.95. The van der Waals surface area contributed by atoms with Gasteiger partial charge in [-0.15, -0.1) is 12.3 Å². The highest BCUT2D eigenvalue weighted by Gasteiger charge is 2.30. The van der Waals surface area contributed by atoms with Gasteiger partial charge >= 0.3 is 6.09 Å².